The predicted molar refractivity (Wildman–Crippen MR) is 113 cm³/mol. The van der Waals surface area contributed by atoms with Gasteiger partial charge in [0.15, 0.2) is 0 Å². The smallest absolute Gasteiger partial charge is 0.255 e. The number of amides is 1. The van der Waals surface area contributed by atoms with Crippen molar-refractivity contribution in [3.05, 3.63) is 54.1 Å². The van der Waals surface area contributed by atoms with Crippen molar-refractivity contribution in [2.45, 2.75) is 4.90 Å². The van der Waals surface area contributed by atoms with Gasteiger partial charge in [-0.15, -0.1) is 0 Å². The van der Waals surface area contributed by atoms with Gasteiger partial charge >= 0.3 is 0 Å². The third-order valence-corrected chi connectivity index (χ3v) is 7.11. The Morgan fingerprint density at radius 2 is 1.50 bits per heavy atom. The van der Waals surface area contributed by atoms with Crippen LogP contribution >= 0.6 is 0 Å². The van der Waals surface area contributed by atoms with E-state index in [0.29, 0.717) is 63.9 Å². The number of rotatable bonds is 5. The summed E-state index contributed by atoms with van der Waals surface area (Å²) in [6, 6.07) is 13.8. The Kier molecular flexibility index (Phi) is 6.33. The van der Waals surface area contributed by atoms with Crippen LogP contribution in [0.5, 0.6) is 0 Å². The Bertz CT molecular complexity index is 985. The highest BCUT2D eigenvalue weighted by molar-refractivity contribution is 7.89. The monoisotopic (exact) mass is 431 g/mol. The number of hydrogen-bond donors (Lipinski definition) is 1. The van der Waals surface area contributed by atoms with Crippen LogP contribution in [0.4, 0.5) is 11.4 Å². The lowest BCUT2D eigenvalue weighted by atomic mass is 10.2. The van der Waals surface area contributed by atoms with E-state index in [2.05, 4.69) is 10.2 Å². The van der Waals surface area contributed by atoms with Crippen LogP contribution in [0.25, 0.3) is 0 Å². The van der Waals surface area contributed by atoms with Crippen LogP contribution in [0.2, 0.25) is 0 Å². The van der Waals surface area contributed by atoms with Crippen molar-refractivity contribution in [2.75, 3.05) is 62.8 Å². The van der Waals surface area contributed by atoms with E-state index in [1.807, 2.05) is 6.07 Å². The highest BCUT2D eigenvalue weighted by Crippen LogP contribution is 2.31. The topological polar surface area (TPSA) is 88.2 Å². The Balaban J connectivity index is 1.68. The molecule has 0 unspecified atom stereocenters. The van der Waals surface area contributed by atoms with Crippen LogP contribution < -0.4 is 10.2 Å². The van der Waals surface area contributed by atoms with Crippen molar-refractivity contribution in [3.8, 4) is 0 Å². The number of carbonyl (C=O) groups excluding carboxylic acids is 1. The number of sulfonamides is 1. The maximum atomic E-state index is 13.1. The molecule has 2 aliphatic heterocycles. The van der Waals surface area contributed by atoms with Gasteiger partial charge in [-0.05, 0) is 30.3 Å². The van der Waals surface area contributed by atoms with Crippen molar-refractivity contribution in [2.24, 2.45) is 0 Å². The molecule has 2 fully saturated rings. The summed E-state index contributed by atoms with van der Waals surface area (Å²) in [7, 11) is -3.67. The van der Waals surface area contributed by atoms with E-state index in [0.717, 1.165) is 5.69 Å². The largest absolute Gasteiger partial charge is 0.379 e. The van der Waals surface area contributed by atoms with E-state index in [9.17, 15) is 13.2 Å². The van der Waals surface area contributed by atoms with Crippen molar-refractivity contribution in [3.63, 3.8) is 0 Å². The standard InChI is InChI=1S/C21H25N3O5S/c25-21(17-4-2-1-3-5-17)22-19-16-18(30(26,27)24-10-14-29-15-11-24)6-7-20(19)23-8-12-28-13-9-23/h1-7,16H,8-15H2,(H,22,25). The molecule has 1 N–H and O–H groups in total. The summed E-state index contributed by atoms with van der Waals surface area (Å²) in [5.74, 6) is -0.286. The second-order valence-corrected chi connectivity index (χ2v) is 9.05. The first kappa shape index (κ1) is 20.8. The Labute approximate surface area is 176 Å². The summed E-state index contributed by atoms with van der Waals surface area (Å²) in [6.07, 6.45) is 0. The second kappa shape index (κ2) is 9.13. The molecule has 0 atom stereocenters. The third kappa shape index (κ3) is 4.49. The predicted octanol–water partition coefficient (Wildman–Crippen LogP) is 1.80. The van der Waals surface area contributed by atoms with E-state index in [1.54, 1.807) is 42.5 Å². The Hall–Kier alpha value is -2.46. The highest BCUT2D eigenvalue weighted by Gasteiger charge is 2.28. The van der Waals surface area contributed by atoms with Crippen molar-refractivity contribution >= 4 is 27.3 Å². The quantitative estimate of drug-likeness (QED) is 0.777. The van der Waals surface area contributed by atoms with Crippen LogP contribution in [-0.4, -0.2) is 71.2 Å². The van der Waals surface area contributed by atoms with Crippen LogP contribution in [0.3, 0.4) is 0 Å². The van der Waals surface area contributed by atoms with Gasteiger partial charge in [0.2, 0.25) is 10.0 Å². The van der Waals surface area contributed by atoms with Gasteiger partial charge in [0.25, 0.3) is 5.91 Å². The van der Waals surface area contributed by atoms with Gasteiger partial charge in [0.1, 0.15) is 0 Å². The normalized spacial score (nSPS) is 18.2. The van der Waals surface area contributed by atoms with Crippen LogP contribution in [0.1, 0.15) is 10.4 Å². The molecule has 2 aromatic rings. The molecule has 1 amide bonds. The first-order valence-electron chi connectivity index (χ1n) is 9.97. The first-order chi connectivity index (χ1) is 14.6. The zero-order chi connectivity index (χ0) is 21.0. The fourth-order valence-electron chi connectivity index (χ4n) is 3.58. The molecule has 2 aliphatic rings. The lowest BCUT2D eigenvalue weighted by Crippen LogP contribution is -2.40. The zero-order valence-electron chi connectivity index (χ0n) is 16.6. The van der Waals surface area contributed by atoms with Gasteiger partial charge < -0.3 is 19.7 Å². The van der Waals surface area contributed by atoms with E-state index in [4.69, 9.17) is 9.47 Å². The molecule has 0 radical (unpaired) electrons. The lowest BCUT2D eigenvalue weighted by Gasteiger charge is -2.31. The summed E-state index contributed by atoms with van der Waals surface area (Å²) in [5, 5.41) is 2.91. The molecule has 30 heavy (non-hydrogen) atoms. The highest BCUT2D eigenvalue weighted by atomic mass is 32.2. The zero-order valence-corrected chi connectivity index (χ0v) is 17.4. The van der Waals surface area contributed by atoms with Gasteiger partial charge in [0, 0.05) is 31.7 Å². The number of nitrogens with zero attached hydrogens (tertiary/aromatic N) is 2. The first-order valence-corrected chi connectivity index (χ1v) is 11.4. The SMILES string of the molecule is O=C(Nc1cc(S(=O)(=O)N2CCOCC2)ccc1N1CCOCC1)c1ccccc1. The van der Waals surface area contributed by atoms with Gasteiger partial charge in [-0.1, -0.05) is 18.2 Å². The van der Waals surface area contributed by atoms with E-state index in [-0.39, 0.29) is 10.8 Å². The minimum absolute atomic E-state index is 0.157. The van der Waals surface area contributed by atoms with Crippen LogP contribution in [0.15, 0.2) is 53.4 Å². The van der Waals surface area contributed by atoms with Crippen molar-refractivity contribution in [1.82, 2.24) is 4.31 Å². The molecule has 0 spiro atoms. The third-order valence-electron chi connectivity index (χ3n) is 5.21. The number of benzene rings is 2. The summed E-state index contributed by atoms with van der Waals surface area (Å²) < 4.78 is 38.3. The molecule has 9 heteroatoms. The maximum Gasteiger partial charge on any atom is 0.255 e. The Morgan fingerprint density at radius 1 is 0.867 bits per heavy atom. The van der Waals surface area contributed by atoms with Crippen molar-refractivity contribution < 1.29 is 22.7 Å². The molecule has 0 bridgehead atoms. The average molecular weight is 432 g/mol. The van der Waals surface area contributed by atoms with E-state index in [1.165, 1.54) is 4.31 Å². The molecule has 0 aliphatic carbocycles. The number of nitrogens with one attached hydrogen (secondary N) is 1. The molecule has 0 saturated carbocycles. The van der Waals surface area contributed by atoms with Crippen molar-refractivity contribution in [1.29, 1.82) is 0 Å². The summed E-state index contributed by atoms with van der Waals surface area (Å²) >= 11 is 0. The molecular weight excluding hydrogens is 406 g/mol. The average Bonchev–Trinajstić information content (AvgIpc) is 2.81. The molecular formula is C21H25N3O5S. The molecule has 2 aromatic carbocycles. The number of hydrogen-bond acceptors (Lipinski definition) is 6. The summed E-state index contributed by atoms with van der Waals surface area (Å²) in [5.41, 5.74) is 1.76. The molecule has 8 nitrogen and oxygen atoms in total. The fourth-order valence-corrected chi connectivity index (χ4v) is 5.01. The molecule has 160 valence electrons. The second-order valence-electron chi connectivity index (χ2n) is 7.11. The number of anilines is 2. The maximum absolute atomic E-state index is 13.1. The molecule has 2 heterocycles. The number of ether oxygens (including phenoxy) is 2. The van der Waals surface area contributed by atoms with Gasteiger partial charge in [-0.3, -0.25) is 4.79 Å². The van der Waals surface area contributed by atoms with Crippen LogP contribution in [0, 0.1) is 0 Å². The fraction of sp³-hybridized carbons (Fsp3) is 0.381. The lowest BCUT2D eigenvalue weighted by molar-refractivity contribution is 0.0730. The number of morpholine rings is 2. The summed E-state index contributed by atoms with van der Waals surface area (Å²) in [4.78, 5) is 15.0. The van der Waals surface area contributed by atoms with Gasteiger partial charge in [-0.2, -0.15) is 4.31 Å². The van der Waals surface area contributed by atoms with E-state index < -0.39 is 10.0 Å². The Morgan fingerprint density at radius 3 is 2.17 bits per heavy atom. The molecule has 0 aromatic heterocycles. The van der Waals surface area contributed by atoms with Gasteiger partial charge in [-0.25, -0.2) is 8.42 Å². The van der Waals surface area contributed by atoms with Crippen LogP contribution in [-0.2, 0) is 19.5 Å². The van der Waals surface area contributed by atoms with E-state index >= 15 is 0 Å². The summed E-state index contributed by atoms with van der Waals surface area (Å²) in [6.45, 7) is 3.90. The van der Waals surface area contributed by atoms with Gasteiger partial charge in [0.05, 0.1) is 42.7 Å². The minimum atomic E-state index is -3.67. The minimum Gasteiger partial charge on any atom is -0.379 e. The molecule has 2 saturated heterocycles. The number of carbonyl (C=O) groups is 1. The molecule has 4 rings (SSSR count).